The van der Waals surface area contributed by atoms with Crippen molar-refractivity contribution in [3.8, 4) is 0 Å². The highest BCUT2D eigenvalue weighted by molar-refractivity contribution is 9.10. The van der Waals surface area contributed by atoms with E-state index in [1.165, 1.54) is 6.08 Å². The van der Waals surface area contributed by atoms with E-state index in [0.717, 1.165) is 26.8 Å². The maximum atomic E-state index is 15.8. The molecule has 1 unspecified atom stereocenters. The van der Waals surface area contributed by atoms with Crippen LogP contribution in [0.25, 0.3) is 0 Å². The normalized spacial score (nSPS) is 16.5. The van der Waals surface area contributed by atoms with Gasteiger partial charge in [0.1, 0.15) is 22.8 Å². The fourth-order valence-corrected chi connectivity index (χ4v) is 3.75. The van der Waals surface area contributed by atoms with Crippen molar-refractivity contribution in [2.75, 3.05) is 6.61 Å². The van der Waals surface area contributed by atoms with Gasteiger partial charge in [-0.1, -0.05) is 6.08 Å². The molecule has 0 saturated heterocycles. The Morgan fingerprint density at radius 2 is 1.68 bits per heavy atom. The van der Waals surface area contributed by atoms with E-state index in [4.69, 9.17) is 4.74 Å². The van der Waals surface area contributed by atoms with Gasteiger partial charge >= 0.3 is 0 Å². The van der Waals surface area contributed by atoms with Crippen molar-refractivity contribution in [3.05, 3.63) is 46.5 Å². The summed E-state index contributed by atoms with van der Waals surface area (Å²) in [6.07, 6.45) is 1.31. The third-order valence-corrected chi connectivity index (χ3v) is 6.66. The van der Waals surface area contributed by atoms with Crippen molar-refractivity contribution in [1.29, 1.82) is 0 Å². The largest absolute Gasteiger partial charge is 0.365 e. The van der Waals surface area contributed by atoms with Crippen LogP contribution in [-0.2, 0) is 21.3 Å². The number of rotatable bonds is 8. The van der Waals surface area contributed by atoms with Crippen molar-refractivity contribution < 1.29 is 26.5 Å². The van der Waals surface area contributed by atoms with E-state index >= 15 is 8.78 Å². The summed E-state index contributed by atoms with van der Waals surface area (Å²) in [5.41, 5.74) is -5.13. The van der Waals surface area contributed by atoms with Crippen LogP contribution >= 0.6 is 15.9 Å². The summed E-state index contributed by atoms with van der Waals surface area (Å²) in [6.45, 7) is 11.4. The molecule has 0 saturated carbocycles. The lowest BCUT2D eigenvalue weighted by Gasteiger charge is -2.46. The zero-order valence-corrected chi connectivity index (χ0v) is 19.2. The Bertz CT molecular complexity index is 765. The van der Waals surface area contributed by atoms with Crippen molar-refractivity contribution in [3.63, 3.8) is 0 Å². The number of ether oxygens (including phenoxy) is 1. The molecule has 0 aliphatic heterocycles. The third kappa shape index (κ3) is 4.86. The van der Waals surface area contributed by atoms with E-state index in [1.807, 2.05) is 0 Å². The monoisotopic (exact) mass is 487 g/mol. The summed E-state index contributed by atoms with van der Waals surface area (Å²) < 4.78 is 79.2. The summed E-state index contributed by atoms with van der Waals surface area (Å²) in [5, 5.41) is 0. The molecule has 1 aromatic carbocycles. The first-order valence-corrected chi connectivity index (χ1v) is 10.4. The van der Waals surface area contributed by atoms with E-state index in [0.29, 0.717) is 6.07 Å². The minimum absolute atomic E-state index is 0.170. The highest BCUT2D eigenvalue weighted by Gasteiger charge is 2.63. The van der Waals surface area contributed by atoms with E-state index in [1.54, 1.807) is 20.8 Å². The quantitative estimate of drug-likeness (QED) is 0.294. The van der Waals surface area contributed by atoms with Gasteiger partial charge < -0.3 is 4.74 Å². The molecular weight excluding hydrogens is 462 g/mol. The van der Waals surface area contributed by atoms with Crippen LogP contribution in [0.5, 0.6) is 0 Å². The van der Waals surface area contributed by atoms with Crippen LogP contribution in [0.4, 0.5) is 17.6 Å². The second kappa shape index (κ2) is 8.53. The van der Waals surface area contributed by atoms with Gasteiger partial charge in [-0.3, -0.25) is 0 Å². The minimum atomic E-state index is -3.78. The maximum absolute atomic E-state index is 15.8. The van der Waals surface area contributed by atoms with E-state index in [-0.39, 0.29) is 11.1 Å². The molecule has 0 radical (unpaired) electrons. The lowest BCUT2D eigenvalue weighted by atomic mass is 9.78. The Balaban J connectivity index is 3.72. The number of nitrogens with one attached hydrogen (secondary N) is 1. The van der Waals surface area contributed by atoms with E-state index in [2.05, 4.69) is 27.2 Å². The van der Waals surface area contributed by atoms with Crippen molar-refractivity contribution in [2.24, 2.45) is 0 Å². The highest BCUT2D eigenvalue weighted by Crippen LogP contribution is 2.48. The Labute approximate surface area is 174 Å². The zero-order chi connectivity index (χ0) is 22.1. The number of benzene rings is 1. The summed E-state index contributed by atoms with van der Waals surface area (Å²) in [7, 11) is -2.00. The topological polar surface area (TPSA) is 38.3 Å². The van der Waals surface area contributed by atoms with E-state index in [9.17, 15) is 13.0 Å². The summed E-state index contributed by atoms with van der Waals surface area (Å²) in [4.78, 5) is 0. The first-order valence-electron chi connectivity index (χ1n) is 8.48. The lowest BCUT2D eigenvalue weighted by Crippen LogP contribution is -2.65. The standard InChI is InChI=1S/C19H26BrF4NO2S/c1-8-9-27-17(5,6)19(23,24)18(7,25-28(26)16(2,3)4)12-10-13(20)15(22)11-14(12)21/h8,10-11,25H,1,9H2,2-7H3/t18-,28?/m1/s1. The minimum Gasteiger partial charge on any atom is -0.365 e. The maximum Gasteiger partial charge on any atom is 0.298 e. The van der Waals surface area contributed by atoms with Gasteiger partial charge in [0.25, 0.3) is 5.92 Å². The van der Waals surface area contributed by atoms with Gasteiger partial charge in [0.15, 0.2) is 0 Å². The second-order valence-corrected chi connectivity index (χ2v) is 10.9. The van der Waals surface area contributed by atoms with Gasteiger partial charge in [0.2, 0.25) is 0 Å². The number of hydrogen-bond acceptors (Lipinski definition) is 2. The third-order valence-electron chi connectivity index (χ3n) is 4.35. The molecule has 0 fully saturated rings. The van der Waals surface area contributed by atoms with Crippen LogP contribution in [0.1, 0.15) is 47.1 Å². The average molecular weight is 488 g/mol. The average Bonchev–Trinajstić information content (AvgIpc) is 2.54. The van der Waals surface area contributed by atoms with Gasteiger partial charge in [-0.15, -0.1) is 6.58 Å². The van der Waals surface area contributed by atoms with Gasteiger partial charge in [-0.25, -0.2) is 26.5 Å². The molecule has 0 amide bonds. The molecule has 1 N–H and O–H groups in total. The van der Waals surface area contributed by atoms with E-state index < -0.39 is 50.0 Å². The molecule has 1 aromatic rings. The molecule has 2 atom stereocenters. The molecule has 160 valence electrons. The van der Waals surface area contributed by atoms with Gasteiger partial charge in [0, 0.05) is 11.6 Å². The number of alkyl halides is 2. The van der Waals surface area contributed by atoms with Crippen LogP contribution in [-0.4, -0.2) is 27.1 Å². The molecule has 1 rings (SSSR count). The molecule has 0 bridgehead atoms. The Hall–Kier alpha value is -0.770. The summed E-state index contributed by atoms with van der Waals surface area (Å²) >= 11 is 2.90. The Morgan fingerprint density at radius 3 is 2.14 bits per heavy atom. The second-order valence-electron chi connectivity index (χ2n) is 8.04. The van der Waals surface area contributed by atoms with Gasteiger partial charge in [-0.05, 0) is 63.5 Å². The number of hydrogen-bond donors (Lipinski definition) is 1. The van der Waals surface area contributed by atoms with Gasteiger partial charge in [-0.2, -0.15) is 0 Å². The predicted octanol–water partition coefficient (Wildman–Crippen LogP) is 5.61. The molecule has 9 heteroatoms. The lowest BCUT2D eigenvalue weighted by molar-refractivity contribution is -0.224. The molecule has 0 aliphatic carbocycles. The molecular formula is C19H26BrF4NO2S. The van der Waals surface area contributed by atoms with Crippen molar-refractivity contribution >= 4 is 26.9 Å². The fraction of sp³-hybridized carbons (Fsp3) is 0.579. The van der Waals surface area contributed by atoms with Crippen LogP contribution in [0.2, 0.25) is 0 Å². The van der Waals surface area contributed by atoms with Gasteiger partial charge in [0.05, 0.1) is 26.8 Å². The zero-order valence-electron chi connectivity index (χ0n) is 16.8. The van der Waals surface area contributed by atoms with Crippen molar-refractivity contribution in [1.82, 2.24) is 4.72 Å². The summed E-state index contributed by atoms with van der Waals surface area (Å²) in [6, 6.07) is 1.43. The molecule has 0 spiro atoms. The molecule has 3 nitrogen and oxygen atoms in total. The SMILES string of the molecule is C=CCOC(C)(C)C(F)(F)[C@](C)(NS(=O)C(C)(C)C)c1cc(Br)c(F)cc1F. The van der Waals surface area contributed by atoms with Crippen LogP contribution in [0, 0.1) is 11.6 Å². The first kappa shape index (κ1) is 25.3. The highest BCUT2D eigenvalue weighted by atomic mass is 79.9. The Morgan fingerprint density at radius 1 is 1.14 bits per heavy atom. The molecule has 0 aromatic heterocycles. The molecule has 0 aliphatic rings. The fourth-order valence-electron chi connectivity index (χ4n) is 2.49. The van der Waals surface area contributed by atoms with Crippen LogP contribution in [0.15, 0.2) is 29.3 Å². The first-order chi connectivity index (χ1) is 12.5. The number of halogens is 5. The Kier molecular flexibility index (Phi) is 7.70. The predicted molar refractivity (Wildman–Crippen MR) is 108 cm³/mol. The summed E-state index contributed by atoms with van der Waals surface area (Å²) in [5.74, 6) is -5.91. The molecule has 0 heterocycles. The smallest absolute Gasteiger partial charge is 0.298 e. The van der Waals surface area contributed by atoms with Crippen molar-refractivity contribution in [2.45, 2.75) is 63.4 Å². The van der Waals surface area contributed by atoms with Crippen LogP contribution in [0.3, 0.4) is 0 Å². The van der Waals surface area contributed by atoms with Crippen LogP contribution < -0.4 is 4.72 Å². The molecule has 28 heavy (non-hydrogen) atoms.